The van der Waals surface area contributed by atoms with Crippen LogP contribution in [0.4, 0.5) is 5.69 Å². The summed E-state index contributed by atoms with van der Waals surface area (Å²) in [6.45, 7) is 10.0. The van der Waals surface area contributed by atoms with E-state index in [1.807, 2.05) is 76.2 Å². The Labute approximate surface area is 192 Å². The number of aliphatic hydroxyl groups is 1. The lowest BCUT2D eigenvalue weighted by Crippen LogP contribution is -2.30. The Morgan fingerprint density at radius 2 is 1.34 bits per heavy atom. The normalized spacial score (nSPS) is 10.9. The molecule has 0 spiro atoms. The van der Waals surface area contributed by atoms with Crippen LogP contribution in [0.15, 0.2) is 84.9 Å². The van der Waals surface area contributed by atoms with E-state index in [0.29, 0.717) is 6.54 Å². The molecule has 0 unspecified atom stereocenters. The predicted molar refractivity (Wildman–Crippen MR) is 133 cm³/mol. The Bertz CT molecular complexity index is 868. The molecule has 1 atom stereocenters. The van der Waals surface area contributed by atoms with Crippen molar-refractivity contribution in [1.82, 2.24) is 4.90 Å². The third-order valence-corrected chi connectivity index (χ3v) is 4.73. The van der Waals surface area contributed by atoms with Crippen molar-refractivity contribution in [2.75, 3.05) is 13.1 Å². The summed E-state index contributed by atoms with van der Waals surface area (Å²) < 4.78 is 0. The molecule has 0 aliphatic carbocycles. The summed E-state index contributed by atoms with van der Waals surface area (Å²) in [6.07, 6.45) is 0.188. The van der Waals surface area contributed by atoms with Gasteiger partial charge in [0.25, 0.3) is 5.69 Å². The van der Waals surface area contributed by atoms with Crippen LogP contribution in [0, 0.1) is 10.1 Å². The first kappa shape index (κ1) is 27.0. The van der Waals surface area contributed by atoms with E-state index >= 15 is 0 Å². The second-order valence-electron chi connectivity index (χ2n) is 6.82. The molecule has 172 valence electrons. The Morgan fingerprint density at radius 3 is 1.88 bits per heavy atom. The predicted octanol–water partition coefficient (Wildman–Crippen LogP) is 6.43. The van der Waals surface area contributed by atoms with E-state index in [9.17, 15) is 15.2 Å². The van der Waals surface area contributed by atoms with Crippen LogP contribution in [-0.2, 0) is 13.0 Å². The number of aliphatic hydroxyl groups excluding tert-OH is 1. The van der Waals surface area contributed by atoms with Gasteiger partial charge in [-0.2, -0.15) is 0 Å². The number of hydrogen-bond donors (Lipinski definition) is 1. The van der Waals surface area contributed by atoms with Gasteiger partial charge in [-0.3, -0.25) is 15.0 Å². The molecule has 0 bridgehead atoms. The van der Waals surface area contributed by atoms with Gasteiger partial charge in [0.1, 0.15) is 0 Å². The van der Waals surface area contributed by atoms with E-state index in [4.69, 9.17) is 0 Å². The summed E-state index contributed by atoms with van der Waals surface area (Å²) in [5, 5.41) is 21.5. The maximum atomic E-state index is 10.8. The Balaban J connectivity index is 0.00000121. The standard InChI is InChI=1S/C23H24N2O3.2C2H6/c26-23(21-9-5-2-6-10-21)18-24(17-20-7-3-1-4-8-20)16-15-19-11-13-22(14-12-19)25(27)28;2*1-2/h1-14,23,26H,15-18H2;2*1-2H3/t23-;;/m0../s1. The first-order valence-corrected chi connectivity index (χ1v) is 11.3. The quantitative estimate of drug-likeness (QED) is 0.310. The number of rotatable bonds is 9. The first-order chi connectivity index (χ1) is 15.6. The van der Waals surface area contributed by atoms with Crippen molar-refractivity contribution in [2.24, 2.45) is 0 Å². The maximum Gasteiger partial charge on any atom is 0.269 e. The molecule has 0 aliphatic rings. The third kappa shape index (κ3) is 9.41. The van der Waals surface area contributed by atoms with Crippen molar-refractivity contribution >= 4 is 5.69 Å². The van der Waals surface area contributed by atoms with Gasteiger partial charge in [-0.1, -0.05) is 100 Å². The fourth-order valence-corrected chi connectivity index (χ4v) is 3.17. The van der Waals surface area contributed by atoms with Crippen LogP contribution in [0.5, 0.6) is 0 Å². The van der Waals surface area contributed by atoms with Gasteiger partial charge in [-0.05, 0) is 23.1 Å². The summed E-state index contributed by atoms with van der Waals surface area (Å²) in [6, 6.07) is 26.5. The highest BCUT2D eigenvalue weighted by molar-refractivity contribution is 5.33. The molecule has 0 amide bonds. The molecule has 0 heterocycles. The van der Waals surface area contributed by atoms with Crippen LogP contribution in [0.25, 0.3) is 0 Å². The number of non-ortho nitro benzene ring substituents is 1. The number of nitro benzene ring substituents is 1. The summed E-state index contributed by atoms with van der Waals surface area (Å²) in [4.78, 5) is 12.6. The second kappa shape index (κ2) is 15.7. The van der Waals surface area contributed by atoms with Gasteiger partial charge in [-0.25, -0.2) is 0 Å². The molecule has 5 heteroatoms. The lowest BCUT2D eigenvalue weighted by atomic mass is 10.1. The lowest BCUT2D eigenvalue weighted by molar-refractivity contribution is -0.384. The average Bonchev–Trinajstić information content (AvgIpc) is 2.86. The van der Waals surface area contributed by atoms with Gasteiger partial charge < -0.3 is 5.11 Å². The van der Waals surface area contributed by atoms with Crippen LogP contribution >= 0.6 is 0 Å². The zero-order chi connectivity index (χ0) is 23.8. The minimum Gasteiger partial charge on any atom is -0.387 e. The minimum absolute atomic E-state index is 0.101. The molecule has 0 aliphatic heterocycles. The summed E-state index contributed by atoms with van der Waals surface area (Å²) >= 11 is 0. The van der Waals surface area contributed by atoms with E-state index in [1.54, 1.807) is 12.1 Å². The molecule has 0 aromatic heterocycles. The molecule has 0 saturated carbocycles. The van der Waals surface area contributed by atoms with Crippen LogP contribution in [0.1, 0.15) is 50.5 Å². The van der Waals surface area contributed by atoms with Crippen molar-refractivity contribution in [3.8, 4) is 0 Å². The molecule has 3 aromatic rings. The van der Waals surface area contributed by atoms with Crippen molar-refractivity contribution in [1.29, 1.82) is 0 Å². The van der Waals surface area contributed by atoms with Crippen molar-refractivity contribution in [2.45, 2.75) is 46.8 Å². The van der Waals surface area contributed by atoms with Gasteiger partial charge in [0.2, 0.25) is 0 Å². The van der Waals surface area contributed by atoms with Crippen molar-refractivity contribution in [3.05, 3.63) is 112 Å². The van der Waals surface area contributed by atoms with E-state index in [-0.39, 0.29) is 10.6 Å². The number of hydrogen-bond acceptors (Lipinski definition) is 4. The maximum absolute atomic E-state index is 10.8. The lowest BCUT2D eigenvalue weighted by Gasteiger charge is -2.25. The smallest absolute Gasteiger partial charge is 0.269 e. The molecule has 3 aromatic carbocycles. The van der Waals surface area contributed by atoms with Crippen LogP contribution in [0.2, 0.25) is 0 Å². The number of nitrogens with zero attached hydrogens (tertiary/aromatic N) is 2. The first-order valence-electron chi connectivity index (χ1n) is 11.3. The Kier molecular flexibility index (Phi) is 13.3. The van der Waals surface area contributed by atoms with Gasteiger partial charge in [0.05, 0.1) is 11.0 Å². The van der Waals surface area contributed by atoms with E-state index in [1.165, 1.54) is 17.7 Å². The molecule has 32 heavy (non-hydrogen) atoms. The molecule has 5 nitrogen and oxygen atoms in total. The average molecular weight is 437 g/mol. The van der Waals surface area contributed by atoms with Crippen molar-refractivity contribution in [3.63, 3.8) is 0 Å². The molecule has 1 N–H and O–H groups in total. The molecular formula is C27H36N2O3. The SMILES string of the molecule is CC.CC.O=[N+]([O-])c1ccc(CCN(Cc2ccccc2)C[C@H](O)c2ccccc2)cc1. The van der Waals surface area contributed by atoms with Gasteiger partial charge in [-0.15, -0.1) is 0 Å². The largest absolute Gasteiger partial charge is 0.387 e. The Morgan fingerprint density at radius 1 is 0.812 bits per heavy atom. The van der Waals surface area contributed by atoms with Crippen LogP contribution < -0.4 is 0 Å². The van der Waals surface area contributed by atoms with Crippen LogP contribution in [-0.4, -0.2) is 28.0 Å². The third-order valence-electron chi connectivity index (χ3n) is 4.73. The van der Waals surface area contributed by atoms with E-state index < -0.39 is 6.10 Å². The van der Waals surface area contributed by atoms with Gasteiger partial charge in [0, 0.05) is 31.8 Å². The minimum atomic E-state index is -0.568. The molecule has 3 rings (SSSR count). The summed E-state index contributed by atoms with van der Waals surface area (Å²) in [5.74, 6) is 0. The molecule has 0 fully saturated rings. The van der Waals surface area contributed by atoms with Gasteiger partial charge in [0.15, 0.2) is 0 Å². The van der Waals surface area contributed by atoms with E-state index in [0.717, 1.165) is 30.6 Å². The van der Waals surface area contributed by atoms with Crippen LogP contribution in [0.3, 0.4) is 0 Å². The second-order valence-corrected chi connectivity index (χ2v) is 6.82. The molecular weight excluding hydrogens is 400 g/mol. The molecule has 0 saturated heterocycles. The monoisotopic (exact) mass is 436 g/mol. The topological polar surface area (TPSA) is 66.6 Å². The zero-order valence-electron chi connectivity index (χ0n) is 19.6. The fourth-order valence-electron chi connectivity index (χ4n) is 3.17. The highest BCUT2D eigenvalue weighted by Gasteiger charge is 2.14. The van der Waals surface area contributed by atoms with E-state index in [2.05, 4.69) is 17.0 Å². The number of nitro groups is 1. The number of benzene rings is 3. The highest BCUT2D eigenvalue weighted by atomic mass is 16.6. The van der Waals surface area contributed by atoms with Gasteiger partial charge >= 0.3 is 0 Å². The van der Waals surface area contributed by atoms with Crippen molar-refractivity contribution < 1.29 is 10.0 Å². The summed E-state index contributed by atoms with van der Waals surface area (Å²) in [5.41, 5.74) is 3.23. The summed E-state index contributed by atoms with van der Waals surface area (Å²) in [7, 11) is 0. The zero-order valence-corrected chi connectivity index (χ0v) is 19.6. The fraction of sp³-hybridized carbons (Fsp3) is 0.333. The highest BCUT2D eigenvalue weighted by Crippen LogP contribution is 2.17. The molecule has 0 radical (unpaired) electrons. The Hall–Kier alpha value is -3.02.